The Morgan fingerprint density at radius 3 is 2.89 bits per heavy atom. The van der Waals surface area contributed by atoms with E-state index >= 15 is 0 Å². The lowest BCUT2D eigenvalue weighted by atomic mass is 9.95. The highest BCUT2D eigenvalue weighted by Crippen LogP contribution is 2.22. The number of hydrogen-bond donors (Lipinski definition) is 0. The third-order valence-corrected chi connectivity index (χ3v) is 4.06. The summed E-state index contributed by atoms with van der Waals surface area (Å²) in [6.07, 6.45) is 1.42. The average molecular weight is 316 g/mol. The van der Waals surface area contributed by atoms with Gasteiger partial charge in [0, 0.05) is 24.7 Å². The van der Waals surface area contributed by atoms with Gasteiger partial charge in [0.2, 0.25) is 0 Å². The zero-order valence-corrected chi connectivity index (χ0v) is 12.4. The predicted molar refractivity (Wildman–Crippen MR) is 74.0 cm³/mol. The summed E-state index contributed by atoms with van der Waals surface area (Å²) in [6, 6.07) is 5.06. The SMILES string of the molecule is COC1CN(Cc2cc(F)cc(Br)c2)CCC1C. The third-order valence-electron chi connectivity index (χ3n) is 3.60. The maximum Gasteiger partial charge on any atom is 0.124 e. The Balaban J connectivity index is 2.01. The molecule has 0 aliphatic carbocycles. The first kappa shape index (κ1) is 14.0. The molecule has 0 spiro atoms. The van der Waals surface area contributed by atoms with Crippen LogP contribution in [0.2, 0.25) is 0 Å². The van der Waals surface area contributed by atoms with E-state index in [0.717, 1.165) is 36.1 Å². The van der Waals surface area contributed by atoms with Gasteiger partial charge in [-0.15, -0.1) is 0 Å². The molecular formula is C14H19BrFNO. The number of rotatable bonds is 3. The minimum absolute atomic E-state index is 0.187. The zero-order chi connectivity index (χ0) is 13.1. The van der Waals surface area contributed by atoms with Crippen molar-refractivity contribution in [3.8, 4) is 0 Å². The average Bonchev–Trinajstić information content (AvgIpc) is 2.30. The Morgan fingerprint density at radius 2 is 2.22 bits per heavy atom. The summed E-state index contributed by atoms with van der Waals surface area (Å²) >= 11 is 3.33. The number of likely N-dealkylation sites (tertiary alicyclic amines) is 1. The number of piperidine rings is 1. The van der Waals surface area contributed by atoms with Crippen LogP contribution in [0.1, 0.15) is 18.9 Å². The Hall–Kier alpha value is -0.450. The smallest absolute Gasteiger partial charge is 0.124 e. The molecule has 0 amide bonds. The Bertz CT molecular complexity index is 393. The fraction of sp³-hybridized carbons (Fsp3) is 0.571. The molecule has 0 saturated carbocycles. The van der Waals surface area contributed by atoms with Crippen molar-refractivity contribution in [2.45, 2.75) is 26.0 Å². The van der Waals surface area contributed by atoms with Crippen molar-refractivity contribution in [3.05, 3.63) is 34.1 Å². The van der Waals surface area contributed by atoms with E-state index in [2.05, 4.69) is 27.8 Å². The quantitative estimate of drug-likeness (QED) is 0.847. The number of halogens is 2. The van der Waals surface area contributed by atoms with Crippen LogP contribution in [0.4, 0.5) is 4.39 Å². The minimum atomic E-state index is -0.187. The molecule has 2 nitrogen and oxygen atoms in total. The second-order valence-electron chi connectivity index (χ2n) is 5.05. The molecule has 2 unspecified atom stereocenters. The van der Waals surface area contributed by atoms with Gasteiger partial charge in [0.05, 0.1) is 6.10 Å². The lowest BCUT2D eigenvalue weighted by Crippen LogP contribution is -2.43. The summed E-state index contributed by atoms with van der Waals surface area (Å²) in [4.78, 5) is 2.33. The van der Waals surface area contributed by atoms with Gasteiger partial charge in [0.1, 0.15) is 5.82 Å². The van der Waals surface area contributed by atoms with Gasteiger partial charge in [-0.05, 0) is 42.6 Å². The number of nitrogens with zero attached hydrogens (tertiary/aromatic N) is 1. The van der Waals surface area contributed by atoms with Crippen LogP contribution in [0, 0.1) is 11.7 Å². The summed E-state index contributed by atoms with van der Waals surface area (Å²) < 4.78 is 19.6. The second kappa shape index (κ2) is 6.13. The van der Waals surface area contributed by atoms with Gasteiger partial charge in [0.25, 0.3) is 0 Å². The first-order chi connectivity index (χ1) is 8.58. The topological polar surface area (TPSA) is 12.5 Å². The van der Waals surface area contributed by atoms with Crippen LogP contribution in [0.25, 0.3) is 0 Å². The molecule has 100 valence electrons. The first-order valence-electron chi connectivity index (χ1n) is 6.28. The van der Waals surface area contributed by atoms with Gasteiger partial charge in [-0.1, -0.05) is 22.9 Å². The van der Waals surface area contributed by atoms with Gasteiger partial charge < -0.3 is 4.74 Å². The third kappa shape index (κ3) is 3.53. The van der Waals surface area contributed by atoms with E-state index in [1.165, 1.54) is 6.07 Å². The van der Waals surface area contributed by atoms with Gasteiger partial charge in [-0.2, -0.15) is 0 Å². The molecule has 2 rings (SSSR count). The second-order valence-corrected chi connectivity index (χ2v) is 5.97. The Labute approximate surface area is 116 Å². The highest BCUT2D eigenvalue weighted by molar-refractivity contribution is 9.10. The van der Waals surface area contributed by atoms with Crippen LogP contribution in [0.15, 0.2) is 22.7 Å². The van der Waals surface area contributed by atoms with Crippen molar-refractivity contribution < 1.29 is 9.13 Å². The van der Waals surface area contributed by atoms with E-state index in [4.69, 9.17) is 4.74 Å². The van der Waals surface area contributed by atoms with E-state index in [1.807, 2.05) is 6.07 Å². The molecular weight excluding hydrogens is 297 g/mol. The van der Waals surface area contributed by atoms with E-state index in [0.29, 0.717) is 5.92 Å². The predicted octanol–water partition coefficient (Wildman–Crippen LogP) is 3.45. The Kier molecular flexibility index (Phi) is 4.76. The number of methoxy groups -OCH3 is 1. The molecule has 1 heterocycles. The monoisotopic (exact) mass is 315 g/mol. The van der Waals surface area contributed by atoms with Gasteiger partial charge in [0.15, 0.2) is 0 Å². The lowest BCUT2D eigenvalue weighted by Gasteiger charge is -2.36. The molecule has 1 fully saturated rings. The minimum Gasteiger partial charge on any atom is -0.380 e. The number of ether oxygens (including phenoxy) is 1. The zero-order valence-electron chi connectivity index (χ0n) is 10.8. The van der Waals surface area contributed by atoms with Crippen LogP contribution >= 0.6 is 15.9 Å². The first-order valence-corrected chi connectivity index (χ1v) is 7.08. The van der Waals surface area contributed by atoms with E-state index < -0.39 is 0 Å². The normalized spacial score (nSPS) is 25.3. The van der Waals surface area contributed by atoms with Crippen molar-refractivity contribution >= 4 is 15.9 Å². The summed E-state index contributed by atoms with van der Waals surface area (Å²) in [5, 5.41) is 0. The highest BCUT2D eigenvalue weighted by atomic mass is 79.9. The molecule has 2 atom stereocenters. The van der Waals surface area contributed by atoms with Gasteiger partial charge in [-0.25, -0.2) is 4.39 Å². The molecule has 1 aromatic carbocycles. The van der Waals surface area contributed by atoms with Crippen molar-refractivity contribution in [3.63, 3.8) is 0 Å². The van der Waals surface area contributed by atoms with Gasteiger partial charge in [-0.3, -0.25) is 4.90 Å². The van der Waals surface area contributed by atoms with Crippen molar-refractivity contribution in [1.29, 1.82) is 0 Å². The molecule has 4 heteroatoms. The van der Waals surface area contributed by atoms with Crippen LogP contribution in [-0.4, -0.2) is 31.2 Å². The Morgan fingerprint density at radius 1 is 1.44 bits per heavy atom. The van der Waals surface area contributed by atoms with Crippen LogP contribution < -0.4 is 0 Å². The van der Waals surface area contributed by atoms with Crippen molar-refractivity contribution in [1.82, 2.24) is 4.90 Å². The maximum absolute atomic E-state index is 13.3. The number of hydrogen-bond acceptors (Lipinski definition) is 2. The number of benzene rings is 1. The standard InChI is InChI=1S/C14H19BrFNO/c1-10-3-4-17(9-14(10)18-2)8-11-5-12(15)7-13(16)6-11/h5-7,10,14H,3-4,8-9H2,1-2H3. The molecule has 1 aliphatic heterocycles. The van der Waals surface area contributed by atoms with E-state index in [-0.39, 0.29) is 11.9 Å². The molecule has 0 radical (unpaired) electrons. The van der Waals surface area contributed by atoms with Crippen molar-refractivity contribution in [2.24, 2.45) is 5.92 Å². The lowest BCUT2D eigenvalue weighted by molar-refractivity contribution is -0.00747. The van der Waals surface area contributed by atoms with Crippen LogP contribution in [0.3, 0.4) is 0 Å². The van der Waals surface area contributed by atoms with Crippen molar-refractivity contribution in [2.75, 3.05) is 20.2 Å². The fourth-order valence-electron chi connectivity index (χ4n) is 2.51. The van der Waals surface area contributed by atoms with Crippen LogP contribution in [0.5, 0.6) is 0 Å². The summed E-state index contributed by atoms with van der Waals surface area (Å²) in [5.41, 5.74) is 1.01. The molecule has 0 aromatic heterocycles. The fourth-order valence-corrected chi connectivity index (χ4v) is 3.02. The summed E-state index contributed by atoms with van der Waals surface area (Å²) in [5.74, 6) is 0.415. The van der Waals surface area contributed by atoms with Crippen LogP contribution in [-0.2, 0) is 11.3 Å². The molecule has 1 aliphatic rings. The highest BCUT2D eigenvalue weighted by Gasteiger charge is 2.25. The summed E-state index contributed by atoms with van der Waals surface area (Å²) in [6.45, 7) is 4.98. The van der Waals surface area contributed by atoms with E-state index in [9.17, 15) is 4.39 Å². The molecule has 18 heavy (non-hydrogen) atoms. The van der Waals surface area contributed by atoms with E-state index in [1.54, 1.807) is 13.2 Å². The molecule has 0 bridgehead atoms. The van der Waals surface area contributed by atoms with Gasteiger partial charge >= 0.3 is 0 Å². The summed E-state index contributed by atoms with van der Waals surface area (Å²) in [7, 11) is 1.77. The molecule has 1 aromatic rings. The maximum atomic E-state index is 13.3. The molecule has 0 N–H and O–H groups in total. The molecule has 1 saturated heterocycles. The largest absolute Gasteiger partial charge is 0.380 e.